The smallest absolute Gasteiger partial charge is 0.257 e. The molecule has 1 fully saturated rings. The maximum absolute atomic E-state index is 5.35. The minimum absolute atomic E-state index is 0.615. The lowest BCUT2D eigenvalue weighted by Crippen LogP contribution is -2.33. The van der Waals surface area contributed by atoms with E-state index in [0.717, 1.165) is 36.9 Å². The topological polar surface area (TPSA) is 42.2 Å². The van der Waals surface area contributed by atoms with Crippen molar-refractivity contribution in [2.45, 2.75) is 32.7 Å². The van der Waals surface area contributed by atoms with Crippen LogP contribution in [0.25, 0.3) is 11.5 Å². The molecule has 106 valence electrons. The van der Waals surface area contributed by atoms with Crippen molar-refractivity contribution in [1.82, 2.24) is 15.0 Å². The molecule has 0 radical (unpaired) electrons. The number of hydrogen-bond donors (Lipinski definition) is 0. The Hall–Kier alpha value is -1.68. The number of nitrogens with zero attached hydrogens (tertiary/aromatic N) is 3. The van der Waals surface area contributed by atoms with Crippen molar-refractivity contribution in [2.75, 3.05) is 13.1 Å². The van der Waals surface area contributed by atoms with Crippen LogP contribution in [0.15, 0.2) is 34.9 Å². The lowest BCUT2D eigenvalue weighted by Gasteiger charge is -2.30. The van der Waals surface area contributed by atoms with Crippen molar-refractivity contribution < 1.29 is 4.52 Å². The third kappa shape index (κ3) is 3.07. The van der Waals surface area contributed by atoms with Gasteiger partial charge in [0.25, 0.3) is 5.89 Å². The van der Waals surface area contributed by atoms with E-state index in [1.807, 2.05) is 30.3 Å². The SMILES string of the molecule is CCC1CCN(Cc2noc(-c3ccccc3)n2)CC1. The highest BCUT2D eigenvalue weighted by Gasteiger charge is 2.19. The number of aromatic nitrogens is 2. The van der Waals surface area contributed by atoms with Gasteiger partial charge in [-0.25, -0.2) is 0 Å². The molecule has 0 saturated carbocycles. The lowest BCUT2D eigenvalue weighted by atomic mass is 9.94. The second-order valence-corrected chi connectivity index (χ2v) is 5.51. The Bertz CT molecular complexity index is 530. The maximum atomic E-state index is 5.35. The molecule has 1 aromatic heterocycles. The Morgan fingerprint density at radius 3 is 2.65 bits per heavy atom. The first-order chi connectivity index (χ1) is 9.85. The van der Waals surface area contributed by atoms with E-state index in [-0.39, 0.29) is 0 Å². The van der Waals surface area contributed by atoms with E-state index in [9.17, 15) is 0 Å². The molecule has 20 heavy (non-hydrogen) atoms. The molecule has 0 bridgehead atoms. The highest BCUT2D eigenvalue weighted by Crippen LogP contribution is 2.22. The first-order valence-electron chi connectivity index (χ1n) is 7.45. The van der Waals surface area contributed by atoms with Crippen LogP contribution in [0.4, 0.5) is 0 Å². The normalized spacial score (nSPS) is 17.4. The van der Waals surface area contributed by atoms with Gasteiger partial charge in [0, 0.05) is 5.56 Å². The molecule has 0 N–H and O–H groups in total. The second kappa shape index (κ2) is 6.18. The molecular weight excluding hydrogens is 250 g/mol. The molecule has 1 aliphatic heterocycles. The van der Waals surface area contributed by atoms with E-state index in [2.05, 4.69) is 22.0 Å². The fourth-order valence-electron chi connectivity index (χ4n) is 2.77. The van der Waals surface area contributed by atoms with E-state index in [4.69, 9.17) is 4.52 Å². The van der Waals surface area contributed by atoms with Crippen LogP contribution in [0.5, 0.6) is 0 Å². The number of piperidine rings is 1. The van der Waals surface area contributed by atoms with Crippen molar-refractivity contribution in [3.8, 4) is 11.5 Å². The Kier molecular flexibility index (Phi) is 4.11. The maximum Gasteiger partial charge on any atom is 0.257 e. The molecule has 2 heterocycles. The Morgan fingerprint density at radius 2 is 1.95 bits per heavy atom. The molecule has 2 aromatic rings. The van der Waals surface area contributed by atoms with E-state index in [0.29, 0.717) is 5.89 Å². The fraction of sp³-hybridized carbons (Fsp3) is 0.500. The molecule has 3 rings (SSSR count). The average molecular weight is 271 g/mol. The summed E-state index contributed by atoms with van der Waals surface area (Å²) in [5.41, 5.74) is 0.982. The van der Waals surface area contributed by atoms with Crippen LogP contribution in [0, 0.1) is 5.92 Å². The zero-order chi connectivity index (χ0) is 13.8. The van der Waals surface area contributed by atoms with Gasteiger partial charge in [0.05, 0.1) is 6.54 Å². The van der Waals surface area contributed by atoms with Gasteiger partial charge in [-0.1, -0.05) is 36.7 Å². The Morgan fingerprint density at radius 1 is 1.20 bits per heavy atom. The fourth-order valence-corrected chi connectivity index (χ4v) is 2.77. The number of hydrogen-bond acceptors (Lipinski definition) is 4. The number of likely N-dealkylation sites (tertiary alicyclic amines) is 1. The molecule has 4 heteroatoms. The Labute approximate surface area is 119 Å². The summed E-state index contributed by atoms with van der Waals surface area (Å²) in [6.07, 6.45) is 3.88. The molecule has 0 spiro atoms. The first kappa shape index (κ1) is 13.3. The van der Waals surface area contributed by atoms with Crippen LogP contribution in [0.3, 0.4) is 0 Å². The quantitative estimate of drug-likeness (QED) is 0.855. The third-order valence-corrected chi connectivity index (χ3v) is 4.14. The zero-order valence-corrected chi connectivity index (χ0v) is 12.0. The summed E-state index contributed by atoms with van der Waals surface area (Å²) < 4.78 is 5.35. The van der Waals surface area contributed by atoms with Crippen LogP contribution in [-0.4, -0.2) is 28.1 Å². The van der Waals surface area contributed by atoms with Gasteiger partial charge < -0.3 is 4.52 Å². The summed E-state index contributed by atoms with van der Waals surface area (Å²) in [6, 6.07) is 9.93. The predicted molar refractivity (Wildman–Crippen MR) is 78.0 cm³/mol. The molecule has 4 nitrogen and oxygen atoms in total. The van der Waals surface area contributed by atoms with E-state index >= 15 is 0 Å². The largest absolute Gasteiger partial charge is 0.334 e. The molecule has 1 aliphatic rings. The Balaban J connectivity index is 1.61. The van der Waals surface area contributed by atoms with Gasteiger partial charge in [0.15, 0.2) is 5.82 Å². The minimum Gasteiger partial charge on any atom is -0.334 e. The lowest BCUT2D eigenvalue weighted by molar-refractivity contribution is 0.170. The molecule has 0 atom stereocenters. The van der Waals surface area contributed by atoms with Crippen molar-refractivity contribution in [3.63, 3.8) is 0 Å². The van der Waals surface area contributed by atoms with Gasteiger partial charge in [-0.15, -0.1) is 0 Å². The summed E-state index contributed by atoms with van der Waals surface area (Å²) in [7, 11) is 0. The van der Waals surface area contributed by atoms with Gasteiger partial charge in [-0.2, -0.15) is 4.98 Å². The van der Waals surface area contributed by atoms with Crippen LogP contribution >= 0.6 is 0 Å². The van der Waals surface area contributed by atoms with Gasteiger partial charge in [-0.05, 0) is 44.0 Å². The number of rotatable bonds is 4. The van der Waals surface area contributed by atoms with Crippen molar-refractivity contribution >= 4 is 0 Å². The van der Waals surface area contributed by atoms with Crippen LogP contribution in [0.2, 0.25) is 0 Å². The summed E-state index contributed by atoms with van der Waals surface area (Å²) >= 11 is 0. The van der Waals surface area contributed by atoms with Gasteiger partial charge >= 0.3 is 0 Å². The average Bonchev–Trinajstić information content (AvgIpc) is 2.97. The molecular formula is C16H21N3O. The first-order valence-corrected chi connectivity index (χ1v) is 7.45. The van der Waals surface area contributed by atoms with Gasteiger partial charge in [0.1, 0.15) is 0 Å². The van der Waals surface area contributed by atoms with Gasteiger partial charge in [0.2, 0.25) is 0 Å². The predicted octanol–water partition coefficient (Wildman–Crippen LogP) is 3.36. The monoisotopic (exact) mass is 271 g/mol. The standard InChI is InChI=1S/C16H21N3O/c1-2-13-8-10-19(11-9-13)12-15-17-16(20-18-15)14-6-4-3-5-7-14/h3-7,13H,2,8-12H2,1H3. The molecule has 1 saturated heterocycles. The van der Waals surface area contributed by atoms with E-state index < -0.39 is 0 Å². The van der Waals surface area contributed by atoms with Crippen molar-refractivity contribution in [1.29, 1.82) is 0 Å². The summed E-state index contributed by atoms with van der Waals surface area (Å²) in [4.78, 5) is 6.92. The number of benzene rings is 1. The minimum atomic E-state index is 0.615. The van der Waals surface area contributed by atoms with Gasteiger partial charge in [-0.3, -0.25) is 4.90 Å². The summed E-state index contributed by atoms with van der Waals surface area (Å²) in [5, 5.41) is 4.10. The second-order valence-electron chi connectivity index (χ2n) is 5.51. The molecule has 0 unspecified atom stereocenters. The molecule has 1 aromatic carbocycles. The van der Waals surface area contributed by atoms with E-state index in [1.54, 1.807) is 0 Å². The molecule has 0 aliphatic carbocycles. The van der Waals surface area contributed by atoms with Crippen LogP contribution < -0.4 is 0 Å². The van der Waals surface area contributed by atoms with Crippen molar-refractivity contribution in [3.05, 3.63) is 36.2 Å². The van der Waals surface area contributed by atoms with E-state index in [1.165, 1.54) is 19.3 Å². The summed E-state index contributed by atoms with van der Waals surface area (Å²) in [5.74, 6) is 2.30. The van der Waals surface area contributed by atoms with Crippen LogP contribution in [0.1, 0.15) is 32.0 Å². The highest BCUT2D eigenvalue weighted by molar-refractivity contribution is 5.51. The van der Waals surface area contributed by atoms with Crippen LogP contribution in [-0.2, 0) is 6.54 Å². The van der Waals surface area contributed by atoms with Crippen molar-refractivity contribution in [2.24, 2.45) is 5.92 Å². The third-order valence-electron chi connectivity index (χ3n) is 4.14. The summed E-state index contributed by atoms with van der Waals surface area (Å²) in [6.45, 7) is 5.37. The molecule has 0 amide bonds. The zero-order valence-electron chi connectivity index (χ0n) is 12.0. The highest BCUT2D eigenvalue weighted by atomic mass is 16.5.